The van der Waals surface area contributed by atoms with E-state index in [1.807, 2.05) is 18.3 Å². The number of nitrogens with zero attached hydrogens (tertiary/aromatic N) is 3. The van der Waals surface area contributed by atoms with Crippen molar-refractivity contribution in [2.45, 2.75) is 77.7 Å². The van der Waals surface area contributed by atoms with E-state index in [2.05, 4.69) is 68.2 Å². The van der Waals surface area contributed by atoms with Crippen LogP contribution in [0.1, 0.15) is 59.9 Å². The van der Waals surface area contributed by atoms with Gasteiger partial charge in [0.25, 0.3) is 0 Å². The molecule has 0 aromatic carbocycles. The predicted octanol–water partition coefficient (Wildman–Crippen LogP) is 3.57. The number of pyridine rings is 1. The molecule has 0 spiro atoms. The molecule has 1 saturated carbocycles. The molecule has 0 atom stereocenters. The number of aromatic nitrogens is 1. The zero-order chi connectivity index (χ0) is 21.1. The van der Waals surface area contributed by atoms with E-state index < -0.39 is 0 Å². The third-order valence-electron chi connectivity index (χ3n) is 5.45. The summed E-state index contributed by atoms with van der Waals surface area (Å²) in [5, 5.41) is 0. The van der Waals surface area contributed by atoms with Crippen molar-refractivity contribution in [2.75, 3.05) is 32.7 Å². The molecule has 1 saturated heterocycles. The molecular formula is C24H37N3O2. The van der Waals surface area contributed by atoms with Crippen LogP contribution >= 0.6 is 0 Å². The molecular weight excluding hydrogens is 362 g/mol. The summed E-state index contributed by atoms with van der Waals surface area (Å²) in [6, 6.07) is 3.92. The number of ether oxygens (including phenoxy) is 2. The van der Waals surface area contributed by atoms with E-state index >= 15 is 0 Å². The van der Waals surface area contributed by atoms with Gasteiger partial charge in [-0.1, -0.05) is 11.8 Å². The first kappa shape index (κ1) is 22.1. The van der Waals surface area contributed by atoms with Gasteiger partial charge in [0, 0.05) is 62.4 Å². The summed E-state index contributed by atoms with van der Waals surface area (Å²) in [6.07, 6.45) is 4.18. The van der Waals surface area contributed by atoms with Crippen molar-refractivity contribution >= 4 is 0 Å². The molecule has 2 heterocycles. The average Bonchev–Trinajstić information content (AvgIpc) is 2.60. The summed E-state index contributed by atoms with van der Waals surface area (Å²) in [6.45, 7) is 18.3. The van der Waals surface area contributed by atoms with E-state index in [-0.39, 0.29) is 17.2 Å². The van der Waals surface area contributed by atoms with Gasteiger partial charge in [0.1, 0.15) is 6.10 Å². The molecule has 1 aromatic heterocycles. The van der Waals surface area contributed by atoms with Crippen LogP contribution in [0.5, 0.6) is 5.88 Å². The van der Waals surface area contributed by atoms with Crippen molar-refractivity contribution < 1.29 is 9.47 Å². The molecule has 29 heavy (non-hydrogen) atoms. The molecule has 0 radical (unpaired) electrons. The third-order valence-corrected chi connectivity index (χ3v) is 5.45. The molecule has 1 aromatic rings. The van der Waals surface area contributed by atoms with Gasteiger partial charge in [-0.3, -0.25) is 9.80 Å². The summed E-state index contributed by atoms with van der Waals surface area (Å²) in [4.78, 5) is 9.38. The van der Waals surface area contributed by atoms with Gasteiger partial charge in [0.05, 0.1) is 18.2 Å². The molecule has 3 rings (SSSR count). The highest BCUT2D eigenvalue weighted by atomic mass is 16.5. The number of hydrogen-bond donors (Lipinski definition) is 0. The van der Waals surface area contributed by atoms with Crippen LogP contribution in [0.25, 0.3) is 0 Å². The SMILES string of the molecule is CC(C)(C)OC1CC(Oc2ccc(C#CCN3CCN(C(C)(C)C)CC3)cn2)C1. The normalized spacial score (nSPS) is 23.8. The molecule has 5 heteroatoms. The number of rotatable bonds is 4. The summed E-state index contributed by atoms with van der Waals surface area (Å²) in [5.74, 6) is 7.20. The van der Waals surface area contributed by atoms with Crippen LogP contribution in [0.3, 0.4) is 0 Å². The summed E-state index contributed by atoms with van der Waals surface area (Å²) in [7, 11) is 0. The van der Waals surface area contributed by atoms with E-state index in [0.717, 1.165) is 51.1 Å². The minimum Gasteiger partial charge on any atom is -0.474 e. The van der Waals surface area contributed by atoms with Gasteiger partial charge in [0.15, 0.2) is 0 Å². The summed E-state index contributed by atoms with van der Waals surface area (Å²) in [5.41, 5.74) is 1.11. The van der Waals surface area contributed by atoms with Crippen LogP contribution in [0.4, 0.5) is 0 Å². The van der Waals surface area contributed by atoms with Gasteiger partial charge in [-0.15, -0.1) is 0 Å². The van der Waals surface area contributed by atoms with Crippen molar-refractivity contribution in [2.24, 2.45) is 0 Å². The molecule has 2 aliphatic rings. The zero-order valence-electron chi connectivity index (χ0n) is 19.0. The van der Waals surface area contributed by atoms with Gasteiger partial charge in [-0.2, -0.15) is 0 Å². The molecule has 5 nitrogen and oxygen atoms in total. The van der Waals surface area contributed by atoms with E-state index in [4.69, 9.17) is 9.47 Å². The molecule has 0 unspecified atom stereocenters. The Morgan fingerprint density at radius 1 is 1.00 bits per heavy atom. The lowest BCUT2D eigenvalue weighted by molar-refractivity contribution is -0.127. The maximum atomic E-state index is 5.95. The van der Waals surface area contributed by atoms with Crippen molar-refractivity contribution in [3.8, 4) is 17.7 Å². The van der Waals surface area contributed by atoms with Crippen LogP contribution in [0, 0.1) is 11.8 Å². The highest BCUT2D eigenvalue weighted by molar-refractivity contribution is 5.34. The summed E-state index contributed by atoms with van der Waals surface area (Å²) >= 11 is 0. The lowest BCUT2D eigenvalue weighted by atomic mass is 9.91. The highest BCUT2D eigenvalue weighted by Gasteiger charge is 2.34. The van der Waals surface area contributed by atoms with Crippen molar-refractivity contribution in [3.63, 3.8) is 0 Å². The Balaban J connectivity index is 1.39. The summed E-state index contributed by atoms with van der Waals surface area (Å²) < 4.78 is 11.9. The average molecular weight is 400 g/mol. The third kappa shape index (κ3) is 6.99. The van der Waals surface area contributed by atoms with Crippen molar-refractivity contribution in [3.05, 3.63) is 23.9 Å². The molecule has 0 N–H and O–H groups in total. The second-order valence-corrected chi connectivity index (χ2v) is 10.2. The van der Waals surface area contributed by atoms with E-state index in [9.17, 15) is 0 Å². The Morgan fingerprint density at radius 3 is 2.24 bits per heavy atom. The van der Waals surface area contributed by atoms with Crippen molar-refractivity contribution in [1.29, 1.82) is 0 Å². The van der Waals surface area contributed by atoms with Crippen LogP contribution in [-0.2, 0) is 4.74 Å². The Bertz CT molecular complexity index is 708. The van der Waals surface area contributed by atoms with Gasteiger partial charge >= 0.3 is 0 Å². The first-order valence-electron chi connectivity index (χ1n) is 10.9. The molecule has 160 valence electrons. The Kier molecular flexibility index (Phi) is 6.88. The van der Waals surface area contributed by atoms with Gasteiger partial charge in [-0.25, -0.2) is 4.98 Å². The lowest BCUT2D eigenvalue weighted by Gasteiger charge is -2.41. The fourth-order valence-electron chi connectivity index (χ4n) is 3.73. The first-order valence-corrected chi connectivity index (χ1v) is 10.9. The largest absolute Gasteiger partial charge is 0.474 e. The Labute approximate surface area is 176 Å². The van der Waals surface area contributed by atoms with E-state index in [1.165, 1.54) is 0 Å². The van der Waals surface area contributed by atoms with Crippen LogP contribution in [-0.4, -0.2) is 70.9 Å². The monoisotopic (exact) mass is 399 g/mol. The standard InChI is InChI=1S/C24H37N3O2/c1-23(2,3)27-14-12-26(13-15-27)11-7-8-19-9-10-22(25-18-19)28-20-16-21(17-20)29-24(4,5)6/h9-10,18,20-21H,11-17H2,1-6H3. The first-order chi connectivity index (χ1) is 13.6. The number of hydrogen-bond acceptors (Lipinski definition) is 5. The fourth-order valence-corrected chi connectivity index (χ4v) is 3.73. The van der Waals surface area contributed by atoms with Gasteiger partial charge in [0.2, 0.25) is 5.88 Å². The minimum atomic E-state index is -0.0889. The Hall–Kier alpha value is -1.61. The van der Waals surface area contributed by atoms with Gasteiger partial charge < -0.3 is 9.47 Å². The molecule has 1 aliphatic carbocycles. The van der Waals surface area contributed by atoms with Gasteiger partial charge in [-0.05, 0) is 47.6 Å². The quantitative estimate of drug-likeness (QED) is 0.724. The molecule has 0 bridgehead atoms. The fraction of sp³-hybridized carbons (Fsp3) is 0.708. The smallest absolute Gasteiger partial charge is 0.213 e. The molecule has 2 fully saturated rings. The van der Waals surface area contributed by atoms with Crippen LogP contribution in [0.2, 0.25) is 0 Å². The molecule has 0 amide bonds. The minimum absolute atomic E-state index is 0.0889. The zero-order valence-corrected chi connectivity index (χ0v) is 19.0. The Morgan fingerprint density at radius 2 is 1.69 bits per heavy atom. The van der Waals surface area contributed by atoms with Crippen molar-refractivity contribution in [1.82, 2.24) is 14.8 Å². The van der Waals surface area contributed by atoms with Crippen LogP contribution < -0.4 is 4.74 Å². The lowest BCUT2D eigenvalue weighted by Crippen LogP contribution is -2.53. The topological polar surface area (TPSA) is 37.8 Å². The second-order valence-electron chi connectivity index (χ2n) is 10.2. The van der Waals surface area contributed by atoms with E-state index in [1.54, 1.807) is 0 Å². The predicted molar refractivity (Wildman–Crippen MR) is 117 cm³/mol. The van der Waals surface area contributed by atoms with E-state index in [0.29, 0.717) is 12.0 Å². The highest BCUT2D eigenvalue weighted by Crippen LogP contribution is 2.30. The molecule has 1 aliphatic heterocycles. The number of piperazine rings is 1. The maximum Gasteiger partial charge on any atom is 0.213 e. The second kappa shape index (κ2) is 9.04. The maximum absolute atomic E-state index is 5.95. The van der Waals surface area contributed by atoms with Crippen LogP contribution in [0.15, 0.2) is 18.3 Å².